The highest BCUT2D eigenvalue weighted by atomic mass is 32.2. The maximum Gasteiger partial charge on any atom is 0.306 e. The molecule has 2 aromatic rings. The average molecular weight is 281 g/mol. The Labute approximate surface area is 109 Å². The molecule has 4 nitrogen and oxygen atoms in total. The van der Waals surface area contributed by atoms with Gasteiger partial charge in [0.15, 0.2) is 0 Å². The monoisotopic (exact) mass is 281 g/mol. The Bertz CT molecular complexity index is 725. The molecular weight excluding hydrogens is 270 g/mol. The van der Waals surface area contributed by atoms with E-state index in [1.54, 1.807) is 30.0 Å². The minimum atomic E-state index is -3.49. The smallest absolute Gasteiger partial charge is 0.306 e. The Morgan fingerprint density at radius 3 is 3.00 bits per heavy atom. The number of rotatable bonds is 2. The lowest BCUT2D eigenvalue weighted by Gasteiger charge is -2.07. The van der Waals surface area contributed by atoms with Gasteiger partial charge in [0.1, 0.15) is 5.75 Å². The summed E-state index contributed by atoms with van der Waals surface area (Å²) in [5.41, 5.74) is 2.11. The molecule has 0 fully saturated rings. The third-order valence-electron chi connectivity index (χ3n) is 2.77. The first kappa shape index (κ1) is 11.8. The highest BCUT2D eigenvalue weighted by Crippen LogP contribution is 2.36. The minimum Gasteiger partial charge on any atom is -0.383 e. The number of hydrogen-bond acceptors (Lipinski definition) is 5. The standard InChI is InChI=1S/C12H11NO3S2/c1-18(14,15)16-8-2-3-11-10(6-8)9-4-5-17-12(9)7-13-11/h2-3,6-7H,4-5H2,1H3. The van der Waals surface area contributed by atoms with Crippen molar-refractivity contribution in [2.45, 2.75) is 11.3 Å². The largest absolute Gasteiger partial charge is 0.383 e. The number of hydrogen-bond donors (Lipinski definition) is 0. The Morgan fingerprint density at radius 1 is 1.39 bits per heavy atom. The SMILES string of the molecule is CS(=O)(=O)Oc1ccc2ncc3c(c2c1)CCS3. The van der Waals surface area contributed by atoms with Crippen molar-refractivity contribution in [3.63, 3.8) is 0 Å². The zero-order chi connectivity index (χ0) is 12.8. The molecular formula is C12H11NO3S2. The molecule has 0 unspecified atom stereocenters. The van der Waals surface area contributed by atoms with Gasteiger partial charge < -0.3 is 4.18 Å². The predicted molar refractivity (Wildman–Crippen MR) is 71.6 cm³/mol. The van der Waals surface area contributed by atoms with Gasteiger partial charge in [-0.3, -0.25) is 4.98 Å². The number of aromatic nitrogens is 1. The number of benzene rings is 1. The van der Waals surface area contributed by atoms with Crippen LogP contribution in [0.4, 0.5) is 0 Å². The second kappa shape index (κ2) is 4.13. The van der Waals surface area contributed by atoms with E-state index in [2.05, 4.69) is 4.98 Å². The molecule has 1 aliphatic rings. The fourth-order valence-corrected chi connectivity index (χ4v) is 3.57. The van der Waals surface area contributed by atoms with E-state index in [0.29, 0.717) is 5.75 Å². The molecule has 1 aliphatic heterocycles. The molecule has 0 saturated heterocycles. The van der Waals surface area contributed by atoms with Crippen LogP contribution in [0, 0.1) is 0 Å². The first-order valence-electron chi connectivity index (χ1n) is 5.47. The van der Waals surface area contributed by atoms with Crippen molar-refractivity contribution in [2.24, 2.45) is 0 Å². The van der Waals surface area contributed by atoms with Gasteiger partial charge in [-0.15, -0.1) is 11.8 Å². The summed E-state index contributed by atoms with van der Waals surface area (Å²) in [5.74, 6) is 1.39. The summed E-state index contributed by atoms with van der Waals surface area (Å²) in [4.78, 5) is 5.54. The van der Waals surface area contributed by atoms with Crippen LogP contribution in [-0.2, 0) is 16.5 Å². The maximum absolute atomic E-state index is 11.1. The molecule has 0 spiro atoms. The van der Waals surface area contributed by atoms with Crippen LogP contribution in [0.15, 0.2) is 29.3 Å². The van der Waals surface area contributed by atoms with Crippen molar-refractivity contribution in [2.75, 3.05) is 12.0 Å². The molecule has 2 heterocycles. The lowest BCUT2D eigenvalue weighted by Crippen LogP contribution is -2.05. The third-order valence-corrected chi connectivity index (χ3v) is 4.33. The fourth-order valence-electron chi connectivity index (χ4n) is 2.08. The highest BCUT2D eigenvalue weighted by Gasteiger charge is 2.16. The van der Waals surface area contributed by atoms with Gasteiger partial charge in [0.05, 0.1) is 11.8 Å². The Balaban J connectivity index is 2.16. The van der Waals surface area contributed by atoms with E-state index in [1.165, 1.54) is 10.5 Å². The van der Waals surface area contributed by atoms with Crippen molar-refractivity contribution in [1.82, 2.24) is 4.98 Å². The van der Waals surface area contributed by atoms with Crippen LogP contribution < -0.4 is 4.18 Å². The molecule has 94 valence electrons. The van der Waals surface area contributed by atoms with Gasteiger partial charge in [0, 0.05) is 22.2 Å². The minimum absolute atomic E-state index is 0.345. The summed E-state index contributed by atoms with van der Waals surface area (Å²) in [6, 6.07) is 5.18. The lowest BCUT2D eigenvalue weighted by molar-refractivity contribution is 0.493. The zero-order valence-corrected chi connectivity index (χ0v) is 11.3. The zero-order valence-electron chi connectivity index (χ0n) is 9.71. The van der Waals surface area contributed by atoms with Gasteiger partial charge in [-0.25, -0.2) is 0 Å². The number of aryl methyl sites for hydroxylation is 1. The number of thioether (sulfide) groups is 1. The highest BCUT2D eigenvalue weighted by molar-refractivity contribution is 7.99. The van der Waals surface area contributed by atoms with Crippen molar-refractivity contribution in [1.29, 1.82) is 0 Å². The number of pyridine rings is 1. The van der Waals surface area contributed by atoms with Gasteiger partial charge in [0.25, 0.3) is 0 Å². The second-order valence-corrected chi connectivity index (χ2v) is 6.88. The van der Waals surface area contributed by atoms with Gasteiger partial charge in [-0.1, -0.05) is 0 Å². The molecule has 0 N–H and O–H groups in total. The van der Waals surface area contributed by atoms with E-state index in [0.717, 1.165) is 29.3 Å². The Morgan fingerprint density at radius 2 is 2.22 bits per heavy atom. The number of nitrogens with zero attached hydrogens (tertiary/aromatic N) is 1. The predicted octanol–water partition coefficient (Wildman–Crippen LogP) is 2.22. The summed E-state index contributed by atoms with van der Waals surface area (Å²) in [6.45, 7) is 0. The summed E-state index contributed by atoms with van der Waals surface area (Å²) in [7, 11) is -3.49. The first-order chi connectivity index (χ1) is 8.53. The third kappa shape index (κ3) is 2.18. The quantitative estimate of drug-likeness (QED) is 0.790. The molecule has 0 amide bonds. The van der Waals surface area contributed by atoms with Crippen molar-refractivity contribution >= 4 is 32.8 Å². The van der Waals surface area contributed by atoms with Crippen LogP contribution >= 0.6 is 11.8 Å². The van der Waals surface area contributed by atoms with Crippen LogP contribution in [0.2, 0.25) is 0 Å². The van der Waals surface area contributed by atoms with Gasteiger partial charge >= 0.3 is 10.1 Å². The van der Waals surface area contributed by atoms with E-state index in [-0.39, 0.29) is 0 Å². The fraction of sp³-hybridized carbons (Fsp3) is 0.250. The van der Waals surface area contributed by atoms with Crippen molar-refractivity contribution < 1.29 is 12.6 Å². The van der Waals surface area contributed by atoms with Gasteiger partial charge in [0.2, 0.25) is 0 Å². The van der Waals surface area contributed by atoms with Crippen LogP contribution in [0.1, 0.15) is 5.56 Å². The van der Waals surface area contributed by atoms with Crippen molar-refractivity contribution in [3.05, 3.63) is 30.0 Å². The van der Waals surface area contributed by atoms with Gasteiger partial charge in [-0.2, -0.15) is 8.42 Å². The summed E-state index contributed by atoms with van der Waals surface area (Å²) in [6.07, 6.45) is 3.91. The summed E-state index contributed by atoms with van der Waals surface area (Å²) < 4.78 is 27.2. The molecule has 0 bridgehead atoms. The lowest BCUT2D eigenvalue weighted by atomic mass is 10.1. The summed E-state index contributed by atoms with van der Waals surface area (Å²) in [5, 5.41) is 0.985. The van der Waals surface area contributed by atoms with Crippen molar-refractivity contribution in [3.8, 4) is 5.75 Å². The van der Waals surface area contributed by atoms with E-state index < -0.39 is 10.1 Å². The van der Waals surface area contributed by atoms with E-state index in [4.69, 9.17) is 4.18 Å². The molecule has 18 heavy (non-hydrogen) atoms. The van der Waals surface area contributed by atoms with Crippen LogP contribution in [0.3, 0.4) is 0 Å². The number of fused-ring (bicyclic) bond motifs is 3. The first-order valence-corrected chi connectivity index (χ1v) is 8.27. The maximum atomic E-state index is 11.1. The molecule has 0 aliphatic carbocycles. The Hall–Kier alpha value is -1.27. The van der Waals surface area contributed by atoms with Crippen LogP contribution in [-0.4, -0.2) is 25.4 Å². The second-order valence-electron chi connectivity index (χ2n) is 4.17. The normalized spacial score (nSPS) is 14.7. The van der Waals surface area contributed by atoms with E-state index >= 15 is 0 Å². The average Bonchev–Trinajstić information content (AvgIpc) is 2.75. The molecule has 3 rings (SSSR count). The summed E-state index contributed by atoms with van der Waals surface area (Å²) >= 11 is 1.78. The molecule has 6 heteroatoms. The van der Waals surface area contributed by atoms with E-state index in [9.17, 15) is 8.42 Å². The molecule has 1 aromatic carbocycles. The molecule has 0 radical (unpaired) electrons. The molecule has 0 atom stereocenters. The van der Waals surface area contributed by atoms with Crippen LogP contribution in [0.25, 0.3) is 10.9 Å². The Kier molecular flexibility index (Phi) is 2.71. The molecule has 0 saturated carbocycles. The molecule has 1 aromatic heterocycles. The van der Waals surface area contributed by atoms with E-state index in [1.807, 2.05) is 6.20 Å². The topological polar surface area (TPSA) is 56.3 Å². The van der Waals surface area contributed by atoms with Gasteiger partial charge in [-0.05, 0) is 30.2 Å². The van der Waals surface area contributed by atoms with Crippen LogP contribution in [0.5, 0.6) is 5.75 Å².